The number of pyridine rings is 1. The van der Waals surface area contributed by atoms with Gasteiger partial charge in [0.05, 0.1) is 6.20 Å². The molecule has 0 fully saturated rings. The summed E-state index contributed by atoms with van der Waals surface area (Å²) in [5, 5.41) is 0. The van der Waals surface area contributed by atoms with Crippen LogP contribution in [0.2, 0.25) is 0 Å². The lowest BCUT2D eigenvalue weighted by Crippen LogP contribution is -2.21. The van der Waals surface area contributed by atoms with Crippen molar-refractivity contribution in [3.8, 4) is 11.5 Å². The van der Waals surface area contributed by atoms with Crippen molar-refractivity contribution in [2.45, 2.75) is 45.6 Å². The van der Waals surface area contributed by atoms with Gasteiger partial charge in [0.15, 0.2) is 0 Å². The molecular formula is C18H24N2O. The molecule has 0 amide bonds. The fourth-order valence-electron chi connectivity index (χ4n) is 2.26. The van der Waals surface area contributed by atoms with Crippen LogP contribution in [0.1, 0.15) is 44.2 Å². The van der Waals surface area contributed by atoms with E-state index >= 15 is 0 Å². The van der Waals surface area contributed by atoms with E-state index < -0.39 is 0 Å². The van der Waals surface area contributed by atoms with Gasteiger partial charge >= 0.3 is 0 Å². The van der Waals surface area contributed by atoms with Crippen LogP contribution >= 0.6 is 0 Å². The Bertz CT molecular complexity index is 581. The molecule has 0 saturated carbocycles. The van der Waals surface area contributed by atoms with Gasteiger partial charge in [-0.15, -0.1) is 0 Å². The molecule has 2 N–H and O–H groups in total. The summed E-state index contributed by atoms with van der Waals surface area (Å²) in [4.78, 5) is 4.26. The first-order valence-electron chi connectivity index (χ1n) is 7.56. The zero-order valence-electron chi connectivity index (χ0n) is 13.0. The molecule has 0 aliphatic rings. The standard InChI is InChI=1S/C18H24N2O/c1-4-15(19)9-14-10-16(12-20-11-14)21-18-8-6-5-7-17(18)13(2)3/h5-8,10-13,15H,4,9,19H2,1-3H3. The molecule has 0 saturated heterocycles. The summed E-state index contributed by atoms with van der Waals surface area (Å²) >= 11 is 0. The topological polar surface area (TPSA) is 48.1 Å². The van der Waals surface area contributed by atoms with Crippen LogP contribution in [0.25, 0.3) is 0 Å². The van der Waals surface area contributed by atoms with E-state index in [0.717, 1.165) is 29.9 Å². The first kappa shape index (κ1) is 15.5. The average molecular weight is 284 g/mol. The normalized spacial score (nSPS) is 12.4. The predicted octanol–water partition coefficient (Wildman–Crippen LogP) is 4.28. The highest BCUT2D eigenvalue weighted by molar-refractivity contribution is 5.39. The van der Waals surface area contributed by atoms with Gasteiger partial charge in [0.25, 0.3) is 0 Å². The second-order valence-corrected chi connectivity index (χ2v) is 5.70. The highest BCUT2D eigenvalue weighted by Crippen LogP contribution is 2.30. The number of rotatable bonds is 6. The Hall–Kier alpha value is -1.87. The number of hydrogen-bond donors (Lipinski definition) is 1. The number of nitrogens with zero attached hydrogens (tertiary/aromatic N) is 1. The second kappa shape index (κ2) is 7.23. The minimum absolute atomic E-state index is 0.171. The summed E-state index contributed by atoms with van der Waals surface area (Å²) in [5.41, 5.74) is 8.32. The third-order valence-corrected chi connectivity index (χ3v) is 3.56. The fourth-order valence-corrected chi connectivity index (χ4v) is 2.26. The van der Waals surface area contributed by atoms with Gasteiger partial charge in [0.1, 0.15) is 11.5 Å². The van der Waals surface area contributed by atoms with E-state index in [1.54, 1.807) is 6.20 Å². The summed E-state index contributed by atoms with van der Waals surface area (Å²) in [6.07, 6.45) is 5.39. The molecule has 0 radical (unpaired) electrons. The van der Waals surface area contributed by atoms with Crippen molar-refractivity contribution in [3.63, 3.8) is 0 Å². The number of ether oxygens (including phenoxy) is 1. The molecule has 2 rings (SSSR count). The molecule has 0 spiro atoms. The van der Waals surface area contributed by atoms with E-state index in [-0.39, 0.29) is 6.04 Å². The maximum atomic E-state index is 6.02. The first-order valence-corrected chi connectivity index (χ1v) is 7.56. The Morgan fingerprint density at radius 1 is 1.19 bits per heavy atom. The lowest BCUT2D eigenvalue weighted by atomic mass is 10.0. The molecule has 3 heteroatoms. The van der Waals surface area contributed by atoms with Crippen LogP contribution < -0.4 is 10.5 Å². The van der Waals surface area contributed by atoms with E-state index in [0.29, 0.717) is 5.92 Å². The Morgan fingerprint density at radius 3 is 2.67 bits per heavy atom. The van der Waals surface area contributed by atoms with Crippen LogP contribution in [0, 0.1) is 0 Å². The molecule has 1 heterocycles. The van der Waals surface area contributed by atoms with Crippen LogP contribution in [0.5, 0.6) is 11.5 Å². The summed E-state index contributed by atoms with van der Waals surface area (Å²) in [6.45, 7) is 6.42. The van der Waals surface area contributed by atoms with Crippen molar-refractivity contribution in [3.05, 3.63) is 53.9 Å². The van der Waals surface area contributed by atoms with Gasteiger partial charge in [0, 0.05) is 12.2 Å². The summed E-state index contributed by atoms with van der Waals surface area (Å²) in [6, 6.07) is 10.3. The van der Waals surface area contributed by atoms with E-state index in [4.69, 9.17) is 10.5 Å². The minimum atomic E-state index is 0.171. The lowest BCUT2D eigenvalue weighted by Gasteiger charge is -2.14. The molecular weight excluding hydrogens is 260 g/mol. The number of para-hydroxylation sites is 1. The van der Waals surface area contributed by atoms with Crippen molar-refractivity contribution in [2.24, 2.45) is 5.73 Å². The number of aromatic nitrogens is 1. The minimum Gasteiger partial charge on any atom is -0.455 e. The van der Waals surface area contributed by atoms with Crippen molar-refractivity contribution in [1.82, 2.24) is 4.98 Å². The van der Waals surface area contributed by atoms with Crippen LogP contribution in [0.15, 0.2) is 42.7 Å². The predicted molar refractivity (Wildman–Crippen MR) is 86.8 cm³/mol. The Kier molecular flexibility index (Phi) is 5.34. The third-order valence-electron chi connectivity index (χ3n) is 3.56. The third kappa shape index (κ3) is 4.30. The van der Waals surface area contributed by atoms with Gasteiger partial charge in [-0.1, -0.05) is 39.0 Å². The highest BCUT2D eigenvalue weighted by Gasteiger charge is 2.09. The molecule has 21 heavy (non-hydrogen) atoms. The zero-order chi connectivity index (χ0) is 15.2. The van der Waals surface area contributed by atoms with E-state index in [1.807, 2.05) is 30.5 Å². The molecule has 1 aromatic heterocycles. The maximum absolute atomic E-state index is 6.02. The maximum Gasteiger partial charge on any atom is 0.145 e. The van der Waals surface area contributed by atoms with Crippen molar-refractivity contribution in [1.29, 1.82) is 0 Å². The van der Waals surface area contributed by atoms with Crippen LogP contribution in [-0.2, 0) is 6.42 Å². The molecule has 112 valence electrons. The SMILES string of the molecule is CCC(N)Cc1cncc(Oc2ccccc2C(C)C)c1. The monoisotopic (exact) mass is 284 g/mol. The summed E-state index contributed by atoms with van der Waals surface area (Å²) in [5.74, 6) is 2.08. The quantitative estimate of drug-likeness (QED) is 0.861. The van der Waals surface area contributed by atoms with Crippen molar-refractivity contribution < 1.29 is 4.74 Å². The fraction of sp³-hybridized carbons (Fsp3) is 0.389. The van der Waals surface area contributed by atoms with Gasteiger partial charge in [-0.2, -0.15) is 0 Å². The number of nitrogens with two attached hydrogens (primary N) is 1. The van der Waals surface area contributed by atoms with Crippen LogP contribution in [0.4, 0.5) is 0 Å². The Labute approximate surface area is 127 Å². The van der Waals surface area contributed by atoms with Gasteiger partial charge in [-0.3, -0.25) is 4.98 Å². The van der Waals surface area contributed by atoms with Gasteiger partial charge in [0.2, 0.25) is 0 Å². The first-order chi connectivity index (χ1) is 10.1. The van der Waals surface area contributed by atoms with E-state index in [2.05, 4.69) is 31.8 Å². The molecule has 2 aromatic rings. The second-order valence-electron chi connectivity index (χ2n) is 5.70. The molecule has 0 aliphatic heterocycles. The molecule has 0 bridgehead atoms. The van der Waals surface area contributed by atoms with Gasteiger partial charge in [-0.05, 0) is 42.0 Å². The molecule has 1 atom stereocenters. The van der Waals surface area contributed by atoms with Crippen LogP contribution in [0.3, 0.4) is 0 Å². The van der Waals surface area contributed by atoms with Gasteiger partial charge < -0.3 is 10.5 Å². The summed E-state index contributed by atoms with van der Waals surface area (Å²) < 4.78 is 6.02. The molecule has 1 aromatic carbocycles. The molecule has 1 unspecified atom stereocenters. The average Bonchev–Trinajstić information content (AvgIpc) is 2.48. The zero-order valence-corrected chi connectivity index (χ0v) is 13.0. The van der Waals surface area contributed by atoms with E-state index in [1.165, 1.54) is 5.56 Å². The summed E-state index contributed by atoms with van der Waals surface area (Å²) in [7, 11) is 0. The Balaban J connectivity index is 2.18. The van der Waals surface area contributed by atoms with Crippen LogP contribution in [-0.4, -0.2) is 11.0 Å². The molecule has 3 nitrogen and oxygen atoms in total. The largest absolute Gasteiger partial charge is 0.455 e. The number of hydrogen-bond acceptors (Lipinski definition) is 3. The van der Waals surface area contributed by atoms with Crippen molar-refractivity contribution in [2.75, 3.05) is 0 Å². The van der Waals surface area contributed by atoms with E-state index in [9.17, 15) is 0 Å². The smallest absolute Gasteiger partial charge is 0.145 e. The lowest BCUT2D eigenvalue weighted by molar-refractivity contribution is 0.469. The van der Waals surface area contributed by atoms with Crippen molar-refractivity contribution >= 4 is 0 Å². The van der Waals surface area contributed by atoms with Gasteiger partial charge in [-0.25, -0.2) is 0 Å². The molecule has 0 aliphatic carbocycles. The Morgan fingerprint density at radius 2 is 1.95 bits per heavy atom. The highest BCUT2D eigenvalue weighted by atomic mass is 16.5. The number of benzene rings is 1.